The standard InChI is InChI=1S/C25H27FN2OS/c1-19-12-15-30-24(19)18-28(25(29)21-8-5-9-22(26)16-21)23-10-13-27(14-11-23)17-20-6-3-2-4-7-20/h2-9,12,15-16,23H,10-11,13-14,17-18H2,1H3. The van der Waals surface area contributed by atoms with Gasteiger partial charge >= 0.3 is 0 Å². The second kappa shape index (κ2) is 9.54. The fourth-order valence-corrected chi connectivity index (χ4v) is 5.01. The van der Waals surface area contributed by atoms with Crippen LogP contribution in [0.15, 0.2) is 66.0 Å². The molecule has 0 bridgehead atoms. The van der Waals surface area contributed by atoms with E-state index in [0.29, 0.717) is 12.1 Å². The summed E-state index contributed by atoms with van der Waals surface area (Å²) in [6.07, 6.45) is 1.86. The molecule has 0 saturated carbocycles. The van der Waals surface area contributed by atoms with Gasteiger partial charge < -0.3 is 4.90 Å². The number of benzene rings is 2. The van der Waals surface area contributed by atoms with E-state index in [9.17, 15) is 9.18 Å². The van der Waals surface area contributed by atoms with Crippen LogP contribution in [0.25, 0.3) is 0 Å². The van der Waals surface area contributed by atoms with Crippen LogP contribution in [0.4, 0.5) is 4.39 Å². The Hall–Kier alpha value is -2.50. The van der Waals surface area contributed by atoms with Gasteiger partial charge in [0.05, 0.1) is 6.54 Å². The predicted octanol–water partition coefficient (Wildman–Crippen LogP) is 5.50. The molecule has 1 aliphatic rings. The largest absolute Gasteiger partial charge is 0.330 e. The first kappa shape index (κ1) is 20.8. The molecule has 2 aromatic carbocycles. The Kier molecular flexibility index (Phi) is 6.60. The fraction of sp³-hybridized carbons (Fsp3) is 0.320. The number of carbonyl (C=O) groups is 1. The van der Waals surface area contributed by atoms with Gasteiger partial charge in [0, 0.05) is 36.1 Å². The average molecular weight is 423 g/mol. The van der Waals surface area contributed by atoms with Crippen molar-refractivity contribution in [2.75, 3.05) is 13.1 Å². The molecule has 1 fully saturated rings. The maximum absolute atomic E-state index is 13.8. The van der Waals surface area contributed by atoms with Gasteiger partial charge in [0.2, 0.25) is 0 Å². The van der Waals surface area contributed by atoms with E-state index in [1.807, 2.05) is 11.0 Å². The highest BCUT2D eigenvalue weighted by molar-refractivity contribution is 7.10. The molecule has 0 N–H and O–H groups in total. The van der Waals surface area contributed by atoms with E-state index < -0.39 is 0 Å². The zero-order valence-corrected chi connectivity index (χ0v) is 18.1. The number of hydrogen-bond acceptors (Lipinski definition) is 3. The van der Waals surface area contributed by atoms with Gasteiger partial charge in [0.1, 0.15) is 5.82 Å². The van der Waals surface area contributed by atoms with Crippen LogP contribution in [0.2, 0.25) is 0 Å². The molecular formula is C25H27FN2OS. The monoisotopic (exact) mass is 422 g/mol. The van der Waals surface area contributed by atoms with Crippen molar-refractivity contribution < 1.29 is 9.18 Å². The summed E-state index contributed by atoms with van der Waals surface area (Å²) in [5.41, 5.74) is 2.95. The van der Waals surface area contributed by atoms with Crippen molar-refractivity contribution in [2.24, 2.45) is 0 Å². The number of aryl methyl sites for hydroxylation is 1. The van der Waals surface area contributed by atoms with Gasteiger partial charge in [-0.25, -0.2) is 4.39 Å². The second-order valence-electron chi connectivity index (χ2n) is 7.96. The minimum Gasteiger partial charge on any atom is -0.330 e. The first-order valence-corrected chi connectivity index (χ1v) is 11.3. The molecule has 156 valence electrons. The van der Waals surface area contributed by atoms with E-state index in [1.54, 1.807) is 23.5 Å². The molecular weight excluding hydrogens is 395 g/mol. The maximum Gasteiger partial charge on any atom is 0.254 e. The van der Waals surface area contributed by atoms with Gasteiger partial charge in [0.15, 0.2) is 0 Å². The number of rotatable bonds is 6. The van der Waals surface area contributed by atoms with E-state index in [-0.39, 0.29) is 17.8 Å². The lowest BCUT2D eigenvalue weighted by atomic mass is 10.0. The third kappa shape index (κ3) is 4.97. The molecule has 0 unspecified atom stereocenters. The Balaban J connectivity index is 1.48. The summed E-state index contributed by atoms with van der Waals surface area (Å²) in [6, 6.07) is 18.8. The zero-order valence-electron chi connectivity index (χ0n) is 17.3. The van der Waals surface area contributed by atoms with E-state index in [4.69, 9.17) is 0 Å². The lowest BCUT2D eigenvalue weighted by Gasteiger charge is -2.38. The van der Waals surface area contributed by atoms with Gasteiger partial charge in [0.25, 0.3) is 5.91 Å². The van der Waals surface area contributed by atoms with Crippen LogP contribution in [0.5, 0.6) is 0 Å². The molecule has 0 spiro atoms. The molecule has 1 aliphatic heterocycles. The van der Waals surface area contributed by atoms with Gasteiger partial charge in [-0.1, -0.05) is 36.4 Å². The molecule has 3 aromatic rings. The summed E-state index contributed by atoms with van der Waals surface area (Å²) < 4.78 is 13.8. The number of likely N-dealkylation sites (tertiary alicyclic amines) is 1. The molecule has 0 radical (unpaired) electrons. The van der Waals surface area contributed by atoms with Gasteiger partial charge in [-0.2, -0.15) is 0 Å². The van der Waals surface area contributed by atoms with Crippen LogP contribution in [0.3, 0.4) is 0 Å². The van der Waals surface area contributed by atoms with E-state index in [0.717, 1.165) is 32.5 Å². The normalized spacial score (nSPS) is 15.3. The summed E-state index contributed by atoms with van der Waals surface area (Å²) in [5, 5.41) is 2.07. The Morgan fingerprint density at radius 1 is 1.10 bits per heavy atom. The minimum absolute atomic E-state index is 0.0798. The van der Waals surface area contributed by atoms with Gasteiger partial charge in [-0.15, -0.1) is 11.3 Å². The summed E-state index contributed by atoms with van der Waals surface area (Å²) in [4.78, 5) is 19.0. The van der Waals surface area contributed by atoms with Gasteiger partial charge in [-0.05, 0) is 60.5 Å². The van der Waals surface area contributed by atoms with Crippen LogP contribution in [-0.4, -0.2) is 34.8 Å². The highest BCUT2D eigenvalue weighted by Gasteiger charge is 2.29. The molecule has 1 saturated heterocycles. The van der Waals surface area contributed by atoms with E-state index in [2.05, 4.69) is 47.5 Å². The summed E-state index contributed by atoms with van der Waals surface area (Å²) in [6.45, 7) is 5.52. The molecule has 30 heavy (non-hydrogen) atoms. The van der Waals surface area contributed by atoms with Crippen molar-refractivity contribution >= 4 is 17.2 Å². The highest BCUT2D eigenvalue weighted by Crippen LogP contribution is 2.26. The molecule has 2 heterocycles. The van der Waals surface area contributed by atoms with Crippen molar-refractivity contribution in [3.8, 4) is 0 Å². The minimum atomic E-state index is -0.370. The van der Waals surface area contributed by atoms with Crippen LogP contribution < -0.4 is 0 Å². The van der Waals surface area contributed by atoms with Crippen molar-refractivity contribution in [3.05, 3.63) is 93.4 Å². The molecule has 5 heteroatoms. The SMILES string of the molecule is Cc1ccsc1CN(C(=O)c1cccc(F)c1)C1CCN(Cc2ccccc2)CC1. The van der Waals surface area contributed by atoms with Crippen molar-refractivity contribution in [1.29, 1.82) is 0 Å². The van der Waals surface area contributed by atoms with E-state index in [1.165, 1.54) is 28.1 Å². The van der Waals surface area contributed by atoms with Crippen LogP contribution in [0.1, 0.15) is 39.2 Å². The smallest absolute Gasteiger partial charge is 0.254 e. The molecule has 1 amide bonds. The third-order valence-electron chi connectivity index (χ3n) is 5.86. The Bertz CT molecular complexity index is 980. The molecule has 4 rings (SSSR count). The fourth-order valence-electron chi connectivity index (χ4n) is 4.11. The molecule has 0 aliphatic carbocycles. The number of piperidine rings is 1. The summed E-state index contributed by atoms with van der Waals surface area (Å²) in [7, 11) is 0. The average Bonchev–Trinajstić information content (AvgIpc) is 3.17. The highest BCUT2D eigenvalue weighted by atomic mass is 32.1. The topological polar surface area (TPSA) is 23.6 Å². The summed E-state index contributed by atoms with van der Waals surface area (Å²) >= 11 is 1.68. The number of thiophene rings is 1. The van der Waals surface area contributed by atoms with Crippen LogP contribution >= 0.6 is 11.3 Å². The van der Waals surface area contributed by atoms with Crippen LogP contribution in [-0.2, 0) is 13.1 Å². The molecule has 3 nitrogen and oxygen atoms in total. The van der Waals surface area contributed by atoms with Gasteiger partial charge in [-0.3, -0.25) is 9.69 Å². The second-order valence-corrected chi connectivity index (χ2v) is 8.96. The molecule has 1 aromatic heterocycles. The number of carbonyl (C=O) groups excluding carboxylic acids is 1. The third-order valence-corrected chi connectivity index (χ3v) is 6.87. The first-order chi connectivity index (χ1) is 14.6. The number of halogens is 1. The van der Waals surface area contributed by atoms with E-state index >= 15 is 0 Å². The summed E-state index contributed by atoms with van der Waals surface area (Å²) in [5.74, 6) is -0.449. The zero-order chi connectivity index (χ0) is 20.9. The Morgan fingerprint density at radius 2 is 1.87 bits per heavy atom. The van der Waals surface area contributed by atoms with Crippen molar-refractivity contribution in [1.82, 2.24) is 9.80 Å². The number of nitrogens with zero attached hydrogens (tertiary/aromatic N) is 2. The lowest BCUT2D eigenvalue weighted by molar-refractivity contribution is 0.0545. The Labute approximate surface area is 181 Å². The number of amides is 1. The first-order valence-electron chi connectivity index (χ1n) is 10.5. The molecule has 0 atom stereocenters. The van der Waals surface area contributed by atoms with Crippen molar-refractivity contribution in [2.45, 2.75) is 38.9 Å². The van der Waals surface area contributed by atoms with Crippen LogP contribution in [0, 0.1) is 12.7 Å². The number of hydrogen-bond donors (Lipinski definition) is 0. The maximum atomic E-state index is 13.8. The quantitative estimate of drug-likeness (QED) is 0.523. The Morgan fingerprint density at radius 3 is 2.53 bits per heavy atom. The van der Waals surface area contributed by atoms with Crippen molar-refractivity contribution in [3.63, 3.8) is 0 Å². The predicted molar refractivity (Wildman–Crippen MR) is 120 cm³/mol. The lowest BCUT2D eigenvalue weighted by Crippen LogP contribution is -2.46.